The maximum absolute atomic E-state index is 12.7. The third-order valence-corrected chi connectivity index (χ3v) is 5.86. The van der Waals surface area contributed by atoms with E-state index in [-0.39, 0.29) is 24.5 Å². The molecule has 0 spiro atoms. The van der Waals surface area contributed by atoms with Crippen molar-refractivity contribution in [1.82, 2.24) is 4.98 Å². The molecule has 34 heavy (non-hydrogen) atoms. The molecular formula is C29H24N2O3. The van der Waals surface area contributed by atoms with Crippen LogP contribution in [0.3, 0.4) is 0 Å². The second-order valence-corrected chi connectivity index (χ2v) is 8.25. The van der Waals surface area contributed by atoms with Crippen molar-refractivity contribution in [3.8, 4) is 28.1 Å². The van der Waals surface area contributed by atoms with Gasteiger partial charge in [0, 0.05) is 30.4 Å². The van der Waals surface area contributed by atoms with Gasteiger partial charge in [0.1, 0.15) is 11.6 Å². The van der Waals surface area contributed by atoms with Crippen LogP contribution in [0.5, 0.6) is 5.75 Å². The molecule has 1 aliphatic heterocycles. The van der Waals surface area contributed by atoms with E-state index in [1.54, 1.807) is 6.07 Å². The van der Waals surface area contributed by atoms with E-state index < -0.39 is 0 Å². The standard InChI is InChI=1S/C29H24N2O3/c32-26(22-11-13-27-23(17-22)15-16-34-27)12-14-29(33)31-28-19-24(20-7-3-1-4-8-20)18-25(30-28)21-9-5-2-6-10-21/h1-11,13,17-19H,12,14-16H2,(H,30,31,33). The number of hydrogen-bond donors (Lipinski definition) is 1. The number of nitrogens with zero attached hydrogens (tertiary/aromatic N) is 1. The lowest BCUT2D eigenvalue weighted by Gasteiger charge is -2.11. The molecule has 5 rings (SSSR count). The Balaban J connectivity index is 1.32. The average Bonchev–Trinajstić information content (AvgIpc) is 3.36. The highest BCUT2D eigenvalue weighted by Gasteiger charge is 2.16. The van der Waals surface area contributed by atoms with Gasteiger partial charge in [-0.25, -0.2) is 4.98 Å². The number of ketones is 1. The Labute approximate surface area is 198 Å². The number of amides is 1. The number of anilines is 1. The number of ether oxygens (including phenoxy) is 1. The van der Waals surface area contributed by atoms with Gasteiger partial charge in [-0.15, -0.1) is 0 Å². The first-order valence-corrected chi connectivity index (χ1v) is 11.4. The number of hydrogen-bond acceptors (Lipinski definition) is 4. The largest absolute Gasteiger partial charge is 0.493 e. The number of carbonyl (C=O) groups is 2. The predicted octanol–water partition coefficient (Wildman–Crippen LogP) is 5.95. The molecule has 0 bridgehead atoms. The SMILES string of the molecule is O=C(CCC(=O)c1ccc2c(c1)CCO2)Nc1cc(-c2ccccc2)cc(-c2ccccc2)n1. The van der Waals surface area contributed by atoms with Gasteiger partial charge in [0.25, 0.3) is 0 Å². The van der Waals surface area contributed by atoms with Gasteiger partial charge in [0.05, 0.1) is 12.3 Å². The van der Waals surface area contributed by atoms with Crippen molar-refractivity contribution in [3.63, 3.8) is 0 Å². The minimum atomic E-state index is -0.241. The van der Waals surface area contributed by atoms with Gasteiger partial charge < -0.3 is 10.1 Å². The van der Waals surface area contributed by atoms with E-state index in [0.717, 1.165) is 40.1 Å². The lowest BCUT2D eigenvalue weighted by atomic mass is 10.0. The second-order valence-electron chi connectivity index (χ2n) is 8.25. The molecule has 0 unspecified atom stereocenters. The molecule has 0 saturated carbocycles. The van der Waals surface area contributed by atoms with Crippen LogP contribution in [0.15, 0.2) is 91.0 Å². The fourth-order valence-corrected chi connectivity index (χ4v) is 4.09. The smallest absolute Gasteiger partial charge is 0.225 e. The number of nitrogens with one attached hydrogen (secondary N) is 1. The number of benzene rings is 3. The zero-order chi connectivity index (χ0) is 23.3. The summed E-state index contributed by atoms with van der Waals surface area (Å²) in [5.74, 6) is 1.01. The van der Waals surface area contributed by atoms with Crippen LogP contribution >= 0.6 is 0 Å². The van der Waals surface area contributed by atoms with Crippen LogP contribution in [0, 0.1) is 0 Å². The van der Waals surface area contributed by atoms with E-state index >= 15 is 0 Å². The highest BCUT2D eigenvalue weighted by Crippen LogP contribution is 2.28. The first kappa shape index (κ1) is 21.6. The lowest BCUT2D eigenvalue weighted by molar-refractivity contribution is -0.116. The van der Waals surface area contributed by atoms with Crippen LogP contribution in [-0.4, -0.2) is 23.3 Å². The number of rotatable bonds is 7. The monoisotopic (exact) mass is 448 g/mol. The Morgan fingerprint density at radius 1 is 0.794 bits per heavy atom. The van der Waals surface area contributed by atoms with E-state index in [0.29, 0.717) is 18.0 Å². The molecule has 5 nitrogen and oxygen atoms in total. The molecule has 5 heteroatoms. The minimum absolute atomic E-state index is 0.0548. The molecule has 0 fully saturated rings. The number of aromatic nitrogens is 1. The van der Waals surface area contributed by atoms with E-state index in [4.69, 9.17) is 4.74 Å². The molecule has 3 aromatic carbocycles. The van der Waals surface area contributed by atoms with Crippen molar-refractivity contribution in [2.24, 2.45) is 0 Å². The number of Topliss-reactive ketones (excluding diaryl/α,β-unsaturated/α-hetero) is 1. The summed E-state index contributed by atoms with van der Waals surface area (Å²) in [7, 11) is 0. The summed E-state index contributed by atoms with van der Waals surface area (Å²) in [4.78, 5) is 30.0. The maximum atomic E-state index is 12.7. The Morgan fingerprint density at radius 2 is 1.53 bits per heavy atom. The fourth-order valence-electron chi connectivity index (χ4n) is 4.09. The second kappa shape index (κ2) is 9.71. The summed E-state index contributed by atoms with van der Waals surface area (Å²) >= 11 is 0. The first-order valence-electron chi connectivity index (χ1n) is 11.4. The summed E-state index contributed by atoms with van der Waals surface area (Å²) in [5, 5.41) is 2.89. The number of fused-ring (bicyclic) bond motifs is 1. The Morgan fingerprint density at radius 3 is 2.29 bits per heavy atom. The zero-order valence-corrected chi connectivity index (χ0v) is 18.7. The van der Waals surface area contributed by atoms with Gasteiger partial charge in [-0.1, -0.05) is 60.7 Å². The molecule has 4 aromatic rings. The number of pyridine rings is 1. The summed E-state index contributed by atoms with van der Waals surface area (Å²) in [6, 6.07) is 29.2. The fraction of sp³-hybridized carbons (Fsp3) is 0.138. The molecule has 168 valence electrons. The van der Waals surface area contributed by atoms with E-state index in [2.05, 4.69) is 10.3 Å². The van der Waals surface area contributed by atoms with Crippen LogP contribution < -0.4 is 10.1 Å². The van der Waals surface area contributed by atoms with Gasteiger partial charge in [-0.3, -0.25) is 9.59 Å². The van der Waals surface area contributed by atoms with Gasteiger partial charge in [-0.05, 0) is 47.0 Å². The highest BCUT2D eigenvalue weighted by molar-refractivity contribution is 6.00. The molecule has 1 N–H and O–H groups in total. The van der Waals surface area contributed by atoms with Gasteiger partial charge in [-0.2, -0.15) is 0 Å². The zero-order valence-electron chi connectivity index (χ0n) is 18.7. The van der Waals surface area contributed by atoms with Gasteiger partial charge >= 0.3 is 0 Å². The third kappa shape index (κ3) is 4.89. The topological polar surface area (TPSA) is 68.3 Å². The molecule has 0 atom stereocenters. The van der Waals surface area contributed by atoms with Crippen molar-refractivity contribution < 1.29 is 14.3 Å². The molecule has 1 aromatic heterocycles. The molecule has 0 radical (unpaired) electrons. The lowest BCUT2D eigenvalue weighted by Crippen LogP contribution is -2.14. The summed E-state index contributed by atoms with van der Waals surface area (Å²) in [6.45, 7) is 0.648. The molecule has 0 saturated heterocycles. The summed E-state index contributed by atoms with van der Waals surface area (Å²) < 4.78 is 5.50. The maximum Gasteiger partial charge on any atom is 0.225 e. The average molecular weight is 449 g/mol. The van der Waals surface area contributed by atoms with Gasteiger partial charge in [0.15, 0.2) is 5.78 Å². The minimum Gasteiger partial charge on any atom is -0.493 e. The Bertz CT molecular complexity index is 1280. The van der Waals surface area contributed by atoms with E-state index in [1.807, 2.05) is 84.9 Å². The predicted molar refractivity (Wildman–Crippen MR) is 133 cm³/mol. The third-order valence-electron chi connectivity index (χ3n) is 5.86. The van der Waals surface area contributed by atoms with Crippen molar-refractivity contribution in [3.05, 3.63) is 102 Å². The first-order chi connectivity index (χ1) is 16.7. The van der Waals surface area contributed by atoms with Crippen LogP contribution in [0.4, 0.5) is 5.82 Å². The van der Waals surface area contributed by atoms with Crippen molar-refractivity contribution >= 4 is 17.5 Å². The molecule has 2 heterocycles. The molecule has 0 aliphatic carbocycles. The van der Waals surface area contributed by atoms with Crippen LogP contribution in [0.25, 0.3) is 22.4 Å². The van der Waals surface area contributed by atoms with E-state index in [9.17, 15) is 9.59 Å². The summed E-state index contributed by atoms with van der Waals surface area (Å²) in [5.41, 5.74) is 5.40. The van der Waals surface area contributed by atoms with Crippen molar-refractivity contribution in [2.75, 3.05) is 11.9 Å². The molecular weight excluding hydrogens is 424 g/mol. The quantitative estimate of drug-likeness (QED) is 0.355. The Hall–Kier alpha value is -4.25. The van der Waals surface area contributed by atoms with Crippen LogP contribution in [-0.2, 0) is 11.2 Å². The van der Waals surface area contributed by atoms with Crippen molar-refractivity contribution in [2.45, 2.75) is 19.3 Å². The highest BCUT2D eigenvalue weighted by atomic mass is 16.5. The van der Waals surface area contributed by atoms with E-state index in [1.165, 1.54) is 0 Å². The molecule has 1 aliphatic rings. The number of carbonyl (C=O) groups excluding carboxylic acids is 2. The normalized spacial score (nSPS) is 12.0. The van der Waals surface area contributed by atoms with Crippen molar-refractivity contribution in [1.29, 1.82) is 0 Å². The van der Waals surface area contributed by atoms with Crippen LogP contribution in [0.2, 0.25) is 0 Å². The van der Waals surface area contributed by atoms with Gasteiger partial charge in [0.2, 0.25) is 5.91 Å². The Kier molecular flexibility index (Phi) is 6.17. The van der Waals surface area contributed by atoms with Crippen LogP contribution in [0.1, 0.15) is 28.8 Å². The molecule has 1 amide bonds. The summed E-state index contributed by atoms with van der Waals surface area (Å²) in [6.07, 6.45) is 1.03.